The summed E-state index contributed by atoms with van der Waals surface area (Å²) >= 11 is 0. The maximum atomic E-state index is 12.6. The van der Waals surface area contributed by atoms with Gasteiger partial charge in [0, 0.05) is 24.7 Å². The number of aryl methyl sites for hydroxylation is 3. The molecule has 1 aromatic carbocycles. The number of likely N-dealkylation sites (tertiary alicyclic amines) is 1. The Kier molecular flexibility index (Phi) is 4.84. The number of Topliss-reactive ketones (excluding diaryl/α,β-unsaturated/α-hetero) is 1. The molecule has 3 heteroatoms. The average molecular weight is 288 g/mol. The van der Waals surface area contributed by atoms with Crippen molar-refractivity contribution >= 4 is 5.78 Å². The molecule has 0 aliphatic carbocycles. The normalized spacial score (nSPS) is 23.0. The Morgan fingerprint density at radius 2 is 1.76 bits per heavy atom. The summed E-state index contributed by atoms with van der Waals surface area (Å²) in [5.74, 6) is 0.871. The minimum atomic E-state index is 0.252. The van der Waals surface area contributed by atoms with Crippen LogP contribution in [0.4, 0.5) is 0 Å². The monoisotopic (exact) mass is 288 g/mol. The van der Waals surface area contributed by atoms with Gasteiger partial charge in [-0.15, -0.1) is 0 Å². The molecule has 2 rings (SSSR count). The fourth-order valence-corrected chi connectivity index (χ4v) is 3.40. The van der Waals surface area contributed by atoms with E-state index < -0.39 is 0 Å². The summed E-state index contributed by atoms with van der Waals surface area (Å²) in [6, 6.07) is 4.73. The first-order chi connectivity index (χ1) is 9.79. The molecule has 2 unspecified atom stereocenters. The van der Waals surface area contributed by atoms with Gasteiger partial charge in [-0.25, -0.2) is 0 Å². The smallest absolute Gasteiger partial charge is 0.177 e. The van der Waals surface area contributed by atoms with Gasteiger partial charge in [0.2, 0.25) is 0 Å². The fourth-order valence-electron chi connectivity index (χ4n) is 3.40. The molecule has 1 fully saturated rings. The number of carbonyl (C=O) groups excluding carboxylic acids is 1. The van der Waals surface area contributed by atoms with Gasteiger partial charge in [0.25, 0.3) is 0 Å². The molecule has 0 amide bonds. The number of ketones is 1. The standard InChI is InChI=1S/C18H28N2O/c1-12-7-14(3)16(8-13(12)2)18(21)11-20-9-15(4)17(10-20)19(5)6/h7-8,15,17H,9-11H2,1-6H3. The van der Waals surface area contributed by atoms with Crippen molar-refractivity contribution in [2.45, 2.75) is 33.7 Å². The van der Waals surface area contributed by atoms with Crippen LogP contribution in [0.1, 0.15) is 34.0 Å². The maximum Gasteiger partial charge on any atom is 0.177 e. The Hall–Kier alpha value is -1.19. The van der Waals surface area contributed by atoms with Crippen LogP contribution < -0.4 is 0 Å². The van der Waals surface area contributed by atoms with Gasteiger partial charge < -0.3 is 4.90 Å². The quantitative estimate of drug-likeness (QED) is 0.796. The summed E-state index contributed by atoms with van der Waals surface area (Å²) in [4.78, 5) is 17.2. The van der Waals surface area contributed by atoms with E-state index in [1.165, 1.54) is 11.1 Å². The summed E-state index contributed by atoms with van der Waals surface area (Å²) < 4.78 is 0. The fraction of sp³-hybridized carbons (Fsp3) is 0.611. The Morgan fingerprint density at radius 3 is 2.33 bits per heavy atom. The van der Waals surface area contributed by atoms with Gasteiger partial charge in [-0.1, -0.05) is 13.0 Å². The molecule has 1 aliphatic rings. The van der Waals surface area contributed by atoms with Crippen LogP contribution in [0.15, 0.2) is 12.1 Å². The Bertz CT molecular complexity index is 536. The molecular formula is C18H28N2O. The highest BCUT2D eigenvalue weighted by molar-refractivity contribution is 5.99. The van der Waals surface area contributed by atoms with E-state index in [2.05, 4.69) is 56.8 Å². The Morgan fingerprint density at radius 1 is 1.14 bits per heavy atom. The molecule has 1 aliphatic heterocycles. The van der Waals surface area contributed by atoms with Crippen molar-refractivity contribution in [2.75, 3.05) is 33.7 Å². The molecule has 1 saturated heterocycles. The highest BCUT2D eigenvalue weighted by Gasteiger charge is 2.32. The lowest BCUT2D eigenvalue weighted by atomic mass is 9.98. The van der Waals surface area contributed by atoms with Gasteiger partial charge in [0.1, 0.15) is 0 Å². The molecule has 2 atom stereocenters. The largest absolute Gasteiger partial charge is 0.305 e. The zero-order chi connectivity index (χ0) is 15.7. The third-order valence-corrected chi connectivity index (χ3v) is 4.82. The van der Waals surface area contributed by atoms with Gasteiger partial charge in [0.05, 0.1) is 6.54 Å². The summed E-state index contributed by atoms with van der Waals surface area (Å²) in [6.45, 7) is 11.0. The molecule has 116 valence electrons. The number of carbonyl (C=O) groups is 1. The van der Waals surface area contributed by atoms with Crippen molar-refractivity contribution in [2.24, 2.45) is 5.92 Å². The lowest BCUT2D eigenvalue weighted by molar-refractivity contribution is 0.0940. The number of likely N-dealkylation sites (N-methyl/N-ethyl adjacent to an activating group) is 1. The van der Waals surface area contributed by atoms with Crippen LogP contribution in [0.3, 0.4) is 0 Å². The molecule has 1 heterocycles. The van der Waals surface area contributed by atoms with E-state index in [1.807, 2.05) is 6.92 Å². The van der Waals surface area contributed by atoms with E-state index in [9.17, 15) is 4.79 Å². The van der Waals surface area contributed by atoms with Crippen LogP contribution in [0.25, 0.3) is 0 Å². The van der Waals surface area contributed by atoms with E-state index >= 15 is 0 Å². The molecule has 0 bridgehead atoms. The zero-order valence-electron chi connectivity index (χ0n) is 14.2. The summed E-state index contributed by atoms with van der Waals surface area (Å²) in [5.41, 5.74) is 4.44. The van der Waals surface area contributed by atoms with Crippen molar-refractivity contribution in [3.63, 3.8) is 0 Å². The zero-order valence-corrected chi connectivity index (χ0v) is 14.2. The van der Waals surface area contributed by atoms with Gasteiger partial charge in [-0.05, 0) is 63.5 Å². The molecule has 1 aromatic rings. The van der Waals surface area contributed by atoms with E-state index in [4.69, 9.17) is 0 Å². The molecule has 0 N–H and O–H groups in total. The van der Waals surface area contributed by atoms with Crippen LogP contribution in [0.5, 0.6) is 0 Å². The lowest BCUT2D eigenvalue weighted by Gasteiger charge is -2.22. The van der Waals surface area contributed by atoms with Crippen LogP contribution in [-0.2, 0) is 0 Å². The van der Waals surface area contributed by atoms with E-state index in [-0.39, 0.29) is 5.78 Å². The van der Waals surface area contributed by atoms with E-state index in [1.54, 1.807) is 0 Å². The van der Waals surface area contributed by atoms with E-state index in [0.29, 0.717) is 18.5 Å². The molecular weight excluding hydrogens is 260 g/mol. The number of hydrogen-bond acceptors (Lipinski definition) is 3. The number of nitrogens with zero attached hydrogens (tertiary/aromatic N) is 2. The molecule has 3 nitrogen and oxygen atoms in total. The van der Waals surface area contributed by atoms with Gasteiger partial charge in [0.15, 0.2) is 5.78 Å². The average Bonchev–Trinajstić information content (AvgIpc) is 2.74. The van der Waals surface area contributed by atoms with Crippen molar-refractivity contribution < 1.29 is 4.79 Å². The highest BCUT2D eigenvalue weighted by atomic mass is 16.1. The third-order valence-electron chi connectivity index (χ3n) is 4.82. The van der Waals surface area contributed by atoms with Gasteiger partial charge >= 0.3 is 0 Å². The molecule has 0 saturated carbocycles. The second-order valence-electron chi connectivity index (χ2n) is 6.88. The first-order valence-electron chi connectivity index (χ1n) is 7.79. The highest BCUT2D eigenvalue weighted by Crippen LogP contribution is 2.21. The maximum absolute atomic E-state index is 12.6. The van der Waals surface area contributed by atoms with E-state index in [0.717, 1.165) is 24.2 Å². The molecule has 0 aromatic heterocycles. The Labute approximate surface area is 128 Å². The van der Waals surface area contributed by atoms with Gasteiger partial charge in [-0.2, -0.15) is 0 Å². The summed E-state index contributed by atoms with van der Waals surface area (Å²) in [7, 11) is 4.25. The second kappa shape index (κ2) is 6.29. The SMILES string of the molecule is Cc1cc(C)c(C(=O)CN2CC(C)C(N(C)C)C2)cc1C. The molecule has 0 radical (unpaired) electrons. The van der Waals surface area contributed by atoms with Crippen molar-refractivity contribution in [1.82, 2.24) is 9.80 Å². The minimum absolute atomic E-state index is 0.252. The lowest BCUT2D eigenvalue weighted by Crippen LogP contribution is -2.35. The first-order valence-corrected chi connectivity index (χ1v) is 7.79. The number of hydrogen-bond donors (Lipinski definition) is 0. The predicted octanol–water partition coefficient (Wildman–Crippen LogP) is 2.68. The van der Waals surface area contributed by atoms with Crippen molar-refractivity contribution in [3.05, 3.63) is 34.4 Å². The topological polar surface area (TPSA) is 23.6 Å². The number of benzene rings is 1. The summed E-state index contributed by atoms with van der Waals surface area (Å²) in [6.07, 6.45) is 0. The third kappa shape index (κ3) is 3.53. The Balaban J connectivity index is 2.08. The van der Waals surface area contributed by atoms with Gasteiger partial charge in [-0.3, -0.25) is 9.69 Å². The van der Waals surface area contributed by atoms with Crippen molar-refractivity contribution in [1.29, 1.82) is 0 Å². The summed E-state index contributed by atoms with van der Waals surface area (Å²) in [5, 5.41) is 0. The molecule has 0 spiro atoms. The second-order valence-corrected chi connectivity index (χ2v) is 6.88. The first kappa shape index (κ1) is 16.2. The minimum Gasteiger partial charge on any atom is -0.305 e. The number of rotatable bonds is 4. The van der Waals surface area contributed by atoms with Crippen LogP contribution >= 0.6 is 0 Å². The molecule has 21 heavy (non-hydrogen) atoms. The predicted molar refractivity (Wildman–Crippen MR) is 88.1 cm³/mol. The van der Waals surface area contributed by atoms with Crippen LogP contribution in [-0.4, -0.2) is 55.4 Å². The van der Waals surface area contributed by atoms with Crippen molar-refractivity contribution in [3.8, 4) is 0 Å². The van der Waals surface area contributed by atoms with Crippen LogP contribution in [0.2, 0.25) is 0 Å². The van der Waals surface area contributed by atoms with Crippen LogP contribution in [0, 0.1) is 26.7 Å².